The number of hydrogen-bond acceptors (Lipinski definition) is 1. The van der Waals surface area contributed by atoms with Gasteiger partial charge in [-0.3, -0.25) is 4.79 Å². The van der Waals surface area contributed by atoms with Gasteiger partial charge in [0, 0.05) is 20.4 Å². The van der Waals surface area contributed by atoms with Crippen LogP contribution in [0.4, 0.5) is 0 Å². The molecule has 0 atom stereocenters. The van der Waals surface area contributed by atoms with Crippen LogP contribution in [0.1, 0.15) is 18.1 Å². The topological polar surface area (TPSA) is 17.1 Å². The lowest BCUT2D eigenvalue weighted by Gasteiger charge is -2.06. The van der Waals surface area contributed by atoms with E-state index in [4.69, 9.17) is 7.74 Å². The predicted octanol–water partition coefficient (Wildman–Crippen LogP) is 2.44. The van der Waals surface area contributed by atoms with E-state index in [9.17, 15) is 4.79 Å². The first-order valence-electron chi connectivity index (χ1n) is 6.38. The van der Waals surface area contributed by atoms with Gasteiger partial charge in [-0.25, -0.2) is 0 Å². The lowest BCUT2D eigenvalue weighted by molar-refractivity contribution is -0.110. The van der Waals surface area contributed by atoms with Gasteiger partial charge in [0.2, 0.25) is 0 Å². The van der Waals surface area contributed by atoms with Gasteiger partial charge in [0.15, 0.2) is 5.78 Å². The third kappa shape index (κ3) is 3.01. The number of fused-ring (bicyclic) bond motifs is 3. The van der Waals surface area contributed by atoms with Gasteiger partial charge in [-0.2, -0.15) is 0 Å². The van der Waals surface area contributed by atoms with Crippen molar-refractivity contribution >= 4 is 39.4 Å². The molecule has 0 unspecified atom stereocenters. The van der Waals surface area contributed by atoms with Crippen molar-refractivity contribution in [1.29, 1.82) is 0 Å². The minimum absolute atomic E-state index is 0.110. The molecule has 1 aromatic carbocycles. The number of allylic oxidation sites excluding steroid dienone is 5. The van der Waals surface area contributed by atoms with Crippen LogP contribution in [0.5, 0.6) is 0 Å². The van der Waals surface area contributed by atoms with Crippen LogP contribution in [-0.2, 0) is 4.79 Å². The Kier molecular flexibility index (Phi) is 4.67. The first-order chi connectivity index (χ1) is 9.27. The second-order valence-corrected chi connectivity index (χ2v) is 4.29. The molecule has 2 aliphatic rings. The van der Waals surface area contributed by atoms with Crippen LogP contribution in [0.25, 0.3) is 11.6 Å². The van der Waals surface area contributed by atoms with Crippen molar-refractivity contribution in [2.75, 3.05) is 0 Å². The Hall–Kier alpha value is -1.70. The Morgan fingerprint density at radius 2 is 2.00 bits per heavy atom. The summed E-state index contributed by atoms with van der Waals surface area (Å²) in [7, 11) is 8.42. The van der Waals surface area contributed by atoms with Crippen molar-refractivity contribution < 1.29 is 4.79 Å². The highest BCUT2D eigenvalue weighted by Crippen LogP contribution is 2.37. The molecule has 0 N–H and O–H groups in total. The van der Waals surface area contributed by atoms with E-state index in [-0.39, 0.29) is 5.78 Å². The fourth-order valence-electron chi connectivity index (χ4n) is 2.09. The molecule has 2 aliphatic carbocycles. The fourth-order valence-corrected chi connectivity index (χ4v) is 2.09. The average Bonchev–Trinajstić information content (AvgIpc) is 2.81. The smallest absolute Gasteiger partial charge is 0.186 e. The van der Waals surface area contributed by atoms with Gasteiger partial charge in [0.25, 0.3) is 0 Å². The highest BCUT2D eigenvalue weighted by Gasteiger charge is 2.23. The molecule has 1 aromatic rings. The summed E-state index contributed by atoms with van der Waals surface area (Å²) in [5, 5.41) is 0. The highest BCUT2D eigenvalue weighted by molar-refractivity contribution is 7.23. The van der Waals surface area contributed by atoms with Crippen molar-refractivity contribution in [3.8, 4) is 0 Å². The zero-order valence-electron chi connectivity index (χ0n) is 11.0. The number of benzene rings is 1. The maximum Gasteiger partial charge on any atom is 0.186 e. The Morgan fingerprint density at radius 1 is 1.21 bits per heavy atom. The van der Waals surface area contributed by atoms with Crippen molar-refractivity contribution in [3.63, 3.8) is 0 Å². The summed E-state index contributed by atoms with van der Waals surface area (Å²) >= 11 is 0. The van der Waals surface area contributed by atoms with Crippen molar-refractivity contribution in [2.24, 2.45) is 0 Å². The number of carbonyl (C=O) groups is 1. The van der Waals surface area contributed by atoms with Crippen LogP contribution in [-0.4, -0.2) is 27.8 Å². The molecular weight excluding hydrogens is 229 g/mol. The van der Waals surface area contributed by atoms with Crippen molar-refractivity contribution in [3.05, 3.63) is 59.2 Å². The molecule has 0 aromatic heterocycles. The molecule has 0 amide bonds. The third-order valence-electron chi connectivity index (χ3n) is 2.99. The lowest BCUT2D eigenvalue weighted by Crippen LogP contribution is -2.00. The fraction of sp³-hybridized carbons (Fsp3) is 0.133. The van der Waals surface area contributed by atoms with Gasteiger partial charge in [-0.05, 0) is 28.9 Å². The van der Waals surface area contributed by atoms with Gasteiger partial charge in [0.05, 0.1) is 7.17 Å². The zero-order chi connectivity index (χ0) is 13.7. The highest BCUT2D eigenvalue weighted by atomic mass is 16.1. The Labute approximate surface area is 117 Å². The van der Waals surface area contributed by atoms with Crippen LogP contribution in [0.2, 0.25) is 6.32 Å². The first-order valence-corrected chi connectivity index (χ1v) is 6.38. The van der Waals surface area contributed by atoms with Crippen LogP contribution in [0, 0.1) is 0 Å². The predicted molar refractivity (Wildman–Crippen MR) is 84.3 cm³/mol. The SMILES string of the molecule is O=C1C=CC=C2C1=Cc1ccccc12.[B][B][B]CC. The summed E-state index contributed by atoms with van der Waals surface area (Å²) in [6.07, 6.45) is 8.43. The summed E-state index contributed by atoms with van der Waals surface area (Å²) in [5.74, 6) is 0.110. The first kappa shape index (κ1) is 13.7. The number of carbonyl (C=O) groups excluding carboxylic acids is 1. The van der Waals surface area contributed by atoms with Crippen molar-refractivity contribution in [2.45, 2.75) is 13.2 Å². The average molecular weight is 242 g/mol. The van der Waals surface area contributed by atoms with Gasteiger partial charge in [0.1, 0.15) is 0 Å². The summed E-state index contributed by atoms with van der Waals surface area (Å²) in [5.41, 5.74) is 4.20. The van der Waals surface area contributed by atoms with E-state index in [1.165, 1.54) is 5.56 Å². The van der Waals surface area contributed by atoms with E-state index >= 15 is 0 Å². The molecule has 0 bridgehead atoms. The van der Waals surface area contributed by atoms with Crippen LogP contribution in [0.15, 0.2) is 48.1 Å². The number of rotatable bonds is 2. The summed E-state index contributed by atoms with van der Waals surface area (Å²) in [4.78, 5) is 11.5. The van der Waals surface area contributed by atoms with E-state index in [1.807, 2.05) is 50.5 Å². The molecule has 3 rings (SSSR count). The zero-order valence-corrected chi connectivity index (χ0v) is 11.0. The van der Waals surface area contributed by atoms with Crippen LogP contribution < -0.4 is 0 Å². The molecule has 0 fully saturated rings. The minimum atomic E-state index is 0.110. The van der Waals surface area contributed by atoms with Gasteiger partial charge >= 0.3 is 0 Å². The second-order valence-electron chi connectivity index (χ2n) is 4.29. The van der Waals surface area contributed by atoms with Gasteiger partial charge < -0.3 is 0 Å². The number of hydrogen-bond donors (Lipinski definition) is 0. The monoisotopic (exact) mass is 242 g/mol. The van der Waals surface area contributed by atoms with E-state index in [2.05, 4.69) is 6.07 Å². The quantitative estimate of drug-likeness (QED) is 0.727. The van der Waals surface area contributed by atoms with Gasteiger partial charge in [-0.15, -0.1) is 0 Å². The van der Waals surface area contributed by atoms with Crippen molar-refractivity contribution in [1.82, 2.24) is 0 Å². The Balaban J connectivity index is 0.000000232. The Bertz CT molecular complexity index is 569. The lowest BCUT2D eigenvalue weighted by atomic mass is 9.27. The van der Waals surface area contributed by atoms with Crippen LogP contribution in [0.3, 0.4) is 0 Å². The van der Waals surface area contributed by atoms with E-state index in [0.717, 1.165) is 23.0 Å². The summed E-state index contributed by atoms with van der Waals surface area (Å²) in [6.45, 7) is 2.04. The molecule has 19 heavy (non-hydrogen) atoms. The normalized spacial score (nSPS) is 14.5. The minimum Gasteiger partial charge on any atom is -0.289 e. The molecular formula is C15H13B3O. The molecule has 0 spiro atoms. The Morgan fingerprint density at radius 3 is 2.68 bits per heavy atom. The van der Waals surface area contributed by atoms with Gasteiger partial charge in [-0.1, -0.05) is 49.7 Å². The number of ketones is 1. The standard InChI is InChI=1S/C13H8O.C2H5B3/c14-13-7-3-6-11-10-5-2-1-4-9(10)8-12(11)13;1-2-4-5-3/h1-8H;2H2,1H3. The molecule has 4 heteroatoms. The third-order valence-corrected chi connectivity index (χ3v) is 2.99. The van der Waals surface area contributed by atoms with E-state index < -0.39 is 0 Å². The maximum atomic E-state index is 11.5. The molecule has 0 saturated carbocycles. The molecule has 0 saturated heterocycles. The maximum absolute atomic E-state index is 11.5. The largest absolute Gasteiger partial charge is 0.289 e. The molecule has 0 aliphatic heterocycles. The molecule has 88 valence electrons. The van der Waals surface area contributed by atoms with E-state index in [0.29, 0.717) is 0 Å². The molecule has 4 radical (unpaired) electrons. The van der Waals surface area contributed by atoms with E-state index in [1.54, 1.807) is 13.1 Å². The summed E-state index contributed by atoms with van der Waals surface area (Å²) in [6, 6.07) is 8.08. The molecule has 0 heterocycles. The van der Waals surface area contributed by atoms with Crippen LogP contribution >= 0.6 is 0 Å². The molecule has 1 nitrogen and oxygen atoms in total. The summed E-state index contributed by atoms with van der Waals surface area (Å²) < 4.78 is 0. The second kappa shape index (κ2) is 6.47.